The van der Waals surface area contributed by atoms with Crippen LogP contribution in [0.2, 0.25) is 0 Å². The molecule has 1 saturated heterocycles. The molecule has 2 amide bonds. The minimum atomic E-state index is -0.457. The van der Waals surface area contributed by atoms with E-state index in [1.807, 2.05) is 6.07 Å². The van der Waals surface area contributed by atoms with Crippen molar-refractivity contribution in [3.05, 3.63) is 35.9 Å². The van der Waals surface area contributed by atoms with Crippen molar-refractivity contribution in [2.24, 2.45) is 5.92 Å². The number of carbonyl (C=O) groups excluding carboxylic acids is 3. The van der Waals surface area contributed by atoms with Crippen LogP contribution < -0.4 is 0 Å². The first kappa shape index (κ1) is 18.6. The second-order valence-corrected chi connectivity index (χ2v) is 6.88. The summed E-state index contributed by atoms with van der Waals surface area (Å²) in [7, 11) is 0. The standard InChI is InChI=1S/C20H25NO5/c22-18-13-16(14-26-17-9-5-2-6-10-17)19(23)21(18)11-12-25-20(24)15-7-3-1-4-8-15/h1,3-4,7-8,16-17H,2,5-6,9-14H2. The van der Waals surface area contributed by atoms with Gasteiger partial charge in [-0.15, -0.1) is 0 Å². The van der Waals surface area contributed by atoms with Gasteiger partial charge in [-0.2, -0.15) is 0 Å². The molecule has 0 radical (unpaired) electrons. The number of rotatable bonds is 7. The summed E-state index contributed by atoms with van der Waals surface area (Å²) in [6.45, 7) is 0.396. The molecule has 1 heterocycles. The highest BCUT2D eigenvalue weighted by molar-refractivity contribution is 6.03. The second-order valence-electron chi connectivity index (χ2n) is 6.88. The number of hydrogen-bond acceptors (Lipinski definition) is 5. The molecule has 0 N–H and O–H groups in total. The van der Waals surface area contributed by atoms with E-state index in [1.54, 1.807) is 24.3 Å². The van der Waals surface area contributed by atoms with Crippen LogP contribution in [0.1, 0.15) is 48.9 Å². The lowest BCUT2D eigenvalue weighted by atomic mass is 9.97. The van der Waals surface area contributed by atoms with Crippen molar-refractivity contribution >= 4 is 17.8 Å². The maximum Gasteiger partial charge on any atom is 0.338 e. The van der Waals surface area contributed by atoms with Gasteiger partial charge < -0.3 is 9.47 Å². The van der Waals surface area contributed by atoms with Crippen molar-refractivity contribution in [2.45, 2.75) is 44.6 Å². The maximum absolute atomic E-state index is 12.4. The van der Waals surface area contributed by atoms with Gasteiger partial charge in [0.05, 0.1) is 30.7 Å². The lowest BCUT2D eigenvalue weighted by molar-refractivity contribution is -0.140. The highest BCUT2D eigenvalue weighted by Gasteiger charge is 2.38. The number of likely N-dealkylation sites (tertiary alicyclic amines) is 1. The Kier molecular flexibility index (Phi) is 6.39. The lowest BCUT2D eigenvalue weighted by Gasteiger charge is -2.23. The molecule has 1 unspecified atom stereocenters. The van der Waals surface area contributed by atoms with E-state index in [-0.39, 0.29) is 37.5 Å². The van der Waals surface area contributed by atoms with Crippen LogP contribution in [0, 0.1) is 5.92 Å². The normalized spacial score (nSPS) is 21.2. The summed E-state index contributed by atoms with van der Waals surface area (Å²) < 4.78 is 11.0. The Morgan fingerprint density at radius 1 is 1.08 bits per heavy atom. The van der Waals surface area contributed by atoms with Crippen LogP contribution >= 0.6 is 0 Å². The Balaban J connectivity index is 1.42. The molecular weight excluding hydrogens is 334 g/mol. The highest BCUT2D eigenvalue weighted by atomic mass is 16.5. The number of carbonyl (C=O) groups is 3. The molecule has 1 aromatic carbocycles. The van der Waals surface area contributed by atoms with Crippen LogP contribution in [0.25, 0.3) is 0 Å². The van der Waals surface area contributed by atoms with E-state index in [0.29, 0.717) is 12.2 Å². The quantitative estimate of drug-likeness (QED) is 0.553. The minimum Gasteiger partial charge on any atom is -0.460 e. The summed E-state index contributed by atoms with van der Waals surface area (Å²) in [6.07, 6.45) is 6.05. The maximum atomic E-state index is 12.4. The van der Waals surface area contributed by atoms with E-state index in [2.05, 4.69) is 0 Å². The molecule has 2 fully saturated rings. The number of benzene rings is 1. The van der Waals surface area contributed by atoms with E-state index < -0.39 is 11.9 Å². The summed E-state index contributed by atoms with van der Waals surface area (Å²) in [6, 6.07) is 8.64. The summed E-state index contributed by atoms with van der Waals surface area (Å²) in [5.41, 5.74) is 0.449. The first-order valence-electron chi connectivity index (χ1n) is 9.33. The molecule has 1 aliphatic carbocycles. The molecule has 1 atom stereocenters. The van der Waals surface area contributed by atoms with Crippen LogP contribution in [0.4, 0.5) is 0 Å². The second kappa shape index (κ2) is 8.94. The van der Waals surface area contributed by atoms with E-state index >= 15 is 0 Å². The molecule has 0 aromatic heterocycles. The Morgan fingerprint density at radius 3 is 2.54 bits per heavy atom. The van der Waals surface area contributed by atoms with Gasteiger partial charge in [-0.25, -0.2) is 4.79 Å². The van der Waals surface area contributed by atoms with Crippen LogP contribution in [-0.4, -0.2) is 48.5 Å². The van der Waals surface area contributed by atoms with E-state index in [4.69, 9.17) is 9.47 Å². The van der Waals surface area contributed by atoms with Gasteiger partial charge in [0.2, 0.25) is 11.8 Å². The molecule has 0 spiro atoms. The van der Waals surface area contributed by atoms with Crippen LogP contribution in [0.3, 0.4) is 0 Å². The molecule has 6 heteroatoms. The van der Waals surface area contributed by atoms with Crippen LogP contribution in [-0.2, 0) is 19.1 Å². The Labute approximate surface area is 153 Å². The molecule has 0 bridgehead atoms. The first-order chi connectivity index (χ1) is 12.6. The van der Waals surface area contributed by atoms with Gasteiger partial charge >= 0.3 is 5.97 Å². The monoisotopic (exact) mass is 359 g/mol. The Morgan fingerprint density at radius 2 is 1.81 bits per heavy atom. The van der Waals surface area contributed by atoms with Crippen LogP contribution in [0.5, 0.6) is 0 Å². The number of ether oxygens (including phenoxy) is 2. The smallest absolute Gasteiger partial charge is 0.338 e. The fraction of sp³-hybridized carbons (Fsp3) is 0.550. The van der Waals surface area contributed by atoms with E-state index in [0.717, 1.165) is 12.8 Å². The third-order valence-corrected chi connectivity index (χ3v) is 4.98. The van der Waals surface area contributed by atoms with Gasteiger partial charge in [0.1, 0.15) is 6.61 Å². The van der Waals surface area contributed by atoms with Gasteiger partial charge in [-0.05, 0) is 25.0 Å². The lowest BCUT2D eigenvalue weighted by Crippen LogP contribution is -2.35. The largest absolute Gasteiger partial charge is 0.460 e. The van der Waals surface area contributed by atoms with Gasteiger partial charge in [0.25, 0.3) is 0 Å². The Bertz CT molecular complexity index is 639. The summed E-state index contributed by atoms with van der Waals surface area (Å²) >= 11 is 0. The zero-order chi connectivity index (χ0) is 18.4. The average molecular weight is 359 g/mol. The molecule has 140 valence electrons. The molecule has 1 saturated carbocycles. The number of esters is 1. The fourth-order valence-electron chi connectivity index (χ4n) is 3.49. The van der Waals surface area contributed by atoms with Gasteiger partial charge in [0.15, 0.2) is 0 Å². The summed E-state index contributed by atoms with van der Waals surface area (Å²) in [4.78, 5) is 37.6. The highest BCUT2D eigenvalue weighted by Crippen LogP contribution is 2.24. The SMILES string of the molecule is O=C(OCCN1C(=O)CC(COC2CCCCC2)C1=O)c1ccccc1. The van der Waals surface area contributed by atoms with Crippen molar-refractivity contribution in [3.63, 3.8) is 0 Å². The summed E-state index contributed by atoms with van der Waals surface area (Å²) in [5.74, 6) is -1.30. The number of nitrogens with zero attached hydrogens (tertiary/aromatic N) is 1. The number of hydrogen-bond donors (Lipinski definition) is 0. The molecule has 26 heavy (non-hydrogen) atoms. The zero-order valence-corrected chi connectivity index (χ0v) is 14.9. The third-order valence-electron chi connectivity index (χ3n) is 4.98. The van der Waals surface area contributed by atoms with E-state index in [9.17, 15) is 14.4 Å². The van der Waals surface area contributed by atoms with Gasteiger partial charge in [-0.3, -0.25) is 14.5 Å². The van der Waals surface area contributed by atoms with Crippen molar-refractivity contribution in [1.82, 2.24) is 4.90 Å². The molecule has 2 aliphatic rings. The average Bonchev–Trinajstić information content (AvgIpc) is 2.95. The Hall–Kier alpha value is -2.21. The van der Waals surface area contributed by atoms with Crippen LogP contribution in [0.15, 0.2) is 30.3 Å². The van der Waals surface area contributed by atoms with Crippen molar-refractivity contribution < 1.29 is 23.9 Å². The van der Waals surface area contributed by atoms with Crippen molar-refractivity contribution in [3.8, 4) is 0 Å². The first-order valence-corrected chi connectivity index (χ1v) is 9.33. The zero-order valence-electron chi connectivity index (χ0n) is 14.9. The van der Waals surface area contributed by atoms with Gasteiger partial charge in [-0.1, -0.05) is 37.5 Å². The summed E-state index contributed by atoms with van der Waals surface area (Å²) in [5, 5.41) is 0. The van der Waals surface area contributed by atoms with Crippen molar-refractivity contribution in [1.29, 1.82) is 0 Å². The molecule has 6 nitrogen and oxygen atoms in total. The topological polar surface area (TPSA) is 72.9 Å². The van der Waals surface area contributed by atoms with E-state index in [1.165, 1.54) is 24.2 Å². The molecule has 1 aliphatic heterocycles. The molecular formula is C20H25NO5. The molecule has 1 aromatic rings. The minimum absolute atomic E-state index is 0.00140. The van der Waals surface area contributed by atoms with Crippen molar-refractivity contribution in [2.75, 3.05) is 19.8 Å². The predicted octanol–water partition coefficient (Wildman–Crippen LogP) is 2.57. The molecule has 3 rings (SSSR count). The van der Waals surface area contributed by atoms with Gasteiger partial charge in [0, 0.05) is 6.42 Å². The predicted molar refractivity (Wildman–Crippen MR) is 94.4 cm³/mol. The third kappa shape index (κ3) is 4.69. The number of amides is 2. The number of imide groups is 1. The fourth-order valence-corrected chi connectivity index (χ4v) is 3.49.